The van der Waals surface area contributed by atoms with Gasteiger partial charge in [0.05, 0.1) is 14.2 Å². The smallest absolute Gasteiger partial charge is 0.134 e. The fourth-order valence-corrected chi connectivity index (χ4v) is 4.26. The number of allylic oxidation sites excluding steroid dienone is 2. The van der Waals surface area contributed by atoms with Crippen molar-refractivity contribution in [2.45, 2.75) is 25.7 Å². The van der Waals surface area contributed by atoms with Crippen LogP contribution in [0.1, 0.15) is 35.1 Å². The Bertz CT molecular complexity index is 1230. The highest BCUT2D eigenvalue weighted by Gasteiger charge is 2.06. The standard InChI is InChI=1S/C34H34O3/c1-35-31-23-11-7-17-27(31)15-3-5-19-29-21-9-13-25-33(29)37-34-26-14-10-22-30(34)20-6-4-16-28-18-8-12-24-32(28)36-2/h5-14,17-26H,3-4,15-16H2,1-2H3. The van der Waals surface area contributed by atoms with Crippen LogP contribution in [0.5, 0.6) is 23.0 Å². The second-order valence-corrected chi connectivity index (χ2v) is 8.68. The van der Waals surface area contributed by atoms with E-state index in [1.807, 2.05) is 60.7 Å². The molecule has 0 heterocycles. The van der Waals surface area contributed by atoms with Crippen molar-refractivity contribution in [2.24, 2.45) is 0 Å². The van der Waals surface area contributed by atoms with Gasteiger partial charge in [0.1, 0.15) is 23.0 Å². The highest BCUT2D eigenvalue weighted by molar-refractivity contribution is 5.61. The van der Waals surface area contributed by atoms with E-state index in [1.54, 1.807) is 14.2 Å². The van der Waals surface area contributed by atoms with E-state index < -0.39 is 0 Å². The molecule has 0 saturated carbocycles. The molecule has 37 heavy (non-hydrogen) atoms. The van der Waals surface area contributed by atoms with Crippen molar-refractivity contribution in [3.63, 3.8) is 0 Å². The van der Waals surface area contributed by atoms with Crippen molar-refractivity contribution in [1.29, 1.82) is 0 Å². The second-order valence-electron chi connectivity index (χ2n) is 8.68. The highest BCUT2D eigenvalue weighted by Crippen LogP contribution is 2.30. The van der Waals surface area contributed by atoms with Gasteiger partial charge in [-0.1, -0.05) is 97.1 Å². The molecule has 0 radical (unpaired) electrons. The molecule has 0 aromatic heterocycles. The van der Waals surface area contributed by atoms with Gasteiger partial charge in [-0.3, -0.25) is 0 Å². The monoisotopic (exact) mass is 490 g/mol. The van der Waals surface area contributed by atoms with Crippen molar-refractivity contribution in [3.8, 4) is 23.0 Å². The Kier molecular flexibility index (Phi) is 9.60. The molecule has 4 aromatic rings. The maximum atomic E-state index is 6.40. The summed E-state index contributed by atoms with van der Waals surface area (Å²) < 4.78 is 17.3. The molecule has 0 amide bonds. The van der Waals surface area contributed by atoms with Crippen molar-refractivity contribution in [1.82, 2.24) is 0 Å². The van der Waals surface area contributed by atoms with Gasteiger partial charge in [-0.2, -0.15) is 0 Å². The normalized spacial score (nSPS) is 11.2. The van der Waals surface area contributed by atoms with Crippen molar-refractivity contribution in [3.05, 3.63) is 131 Å². The first-order valence-corrected chi connectivity index (χ1v) is 12.7. The van der Waals surface area contributed by atoms with Gasteiger partial charge in [0.2, 0.25) is 0 Å². The maximum Gasteiger partial charge on any atom is 0.134 e. The van der Waals surface area contributed by atoms with Crippen molar-refractivity contribution in [2.75, 3.05) is 14.2 Å². The minimum atomic E-state index is 0.839. The Morgan fingerprint density at radius 3 is 1.30 bits per heavy atom. The lowest BCUT2D eigenvalue weighted by Gasteiger charge is -2.11. The first-order chi connectivity index (χ1) is 18.3. The van der Waals surface area contributed by atoms with Crippen LogP contribution in [0, 0.1) is 0 Å². The van der Waals surface area contributed by atoms with Gasteiger partial charge in [0.15, 0.2) is 0 Å². The summed E-state index contributed by atoms with van der Waals surface area (Å²) in [7, 11) is 3.44. The average molecular weight is 491 g/mol. The quantitative estimate of drug-likeness (QED) is 0.199. The van der Waals surface area contributed by atoms with Crippen LogP contribution in [0.2, 0.25) is 0 Å². The predicted octanol–water partition coefficient (Wildman–Crippen LogP) is 8.79. The summed E-state index contributed by atoms with van der Waals surface area (Å²) in [4.78, 5) is 0. The number of benzene rings is 4. The van der Waals surface area contributed by atoms with Crippen LogP contribution < -0.4 is 14.2 Å². The minimum absolute atomic E-state index is 0.839. The lowest BCUT2D eigenvalue weighted by molar-refractivity contribution is 0.409. The highest BCUT2D eigenvalue weighted by atomic mass is 16.5. The number of rotatable bonds is 12. The number of methoxy groups -OCH3 is 2. The number of hydrogen-bond acceptors (Lipinski definition) is 3. The van der Waals surface area contributed by atoms with E-state index in [9.17, 15) is 0 Å². The molecule has 0 aliphatic heterocycles. The molecule has 3 heteroatoms. The summed E-state index contributed by atoms with van der Waals surface area (Å²) in [6.45, 7) is 0. The largest absolute Gasteiger partial charge is 0.496 e. The van der Waals surface area contributed by atoms with Crippen LogP contribution in [0.4, 0.5) is 0 Å². The number of hydrogen-bond donors (Lipinski definition) is 0. The van der Waals surface area contributed by atoms with Gasteiger partial charge in [-0.05, 0) is 61.1 Å². The predicted molar refractivity (Wildman–Crippen MR) is 154 cm³/mol. The van der Waals surface area contributed by atoms with Crippen molar-refractivity contribution >= 4 is 12.2 Å². The Labute approximate surface area is 220 Å². The first-order valence-electron chi connectivity index (χ1n) is 12.7. The SMILES string of the molecule is COc1ccccc1CCC=Cc1ccccc1Oc1ccccc1C=CCCc1ccccc1OC. The molecular weight excluding hydrogens is 456 g/mol. The lowest BCUT2D eigenvalue weighted by Crippen LogP contribution is -1.92. The Balaban J connectivity index is 1.40. The third-order valence-electron chi connectivity index (χ3n) is 6.20. The summed E-state index contributed by atoms with van der Waals surface area (Å²) in [5.41, 5.74) is 4.53. The molecule has 0 N–H and O–H groups in total. The zero-order chi connectivity index (χ0) is 25.7. The van der Waals surface area contributed by atoms with E-state index in [0.717, 1.165) is 59.8 Å². The van der Waals surface area contributed by atoms with Gasteiger partial charge in [-0.25, -0.2) is 0 Å². The number of ether oxygens (including phenoxy) is 3. The summed E-state index contributed by atoms with van der Waals surface area (Å²) in [5.74, 6) is 3.55. The summed E-state index contributed by atoms with van der Waals surface area (Å²) >= 11 is 0. The molecule has 3 nitrogen and oxygen atoms in total. The maximum absolute atomic E-state index is 6.40. The second kappa shape index (κ2) is 13.7. The summed E-state index contributed by atoms with van der Waals surface area (Å²) in [6, 6.07) is 32.6. The summed E-state index contributed by atoms with van der Waals surface area (Å²) in [5, 5.41) is 0. The minimum Gasteiger partial charge on any atom is -0.496 e. The van der Waals surface area contributed by atoms with Crippen LogP contribution in [0.15, 0.2) is 109 Å². The third-order valence-corrected chi connectivity index (χ3v) is 6.20. The van der Waals surface area contributed by atoms with E-state index in [4.69, 9.17) is 14.2 Å². The Morgan fingerprint density at radius 2 is 0.865 bits per heavy atom. The molecule has 188 valence electrons. The van der Waals surface area contributed by atoms with Gasteiger partial charge < -0.3 is 14.2 Å². The molecule has 0 aliphatic carbocycles. The van der Waals surface area contributed by atoms with Crippen LogP contribution in [-0.4, -0.2) is 14.2 Å². The van der Waals surface area contributed by atoms with Gasteiger partial charge in [-0.15, -0.1) is 0 Å². The molecule has 0 bridgehead atoms. The molecule has 0 fully saturated rings. The first kappa shape index (κ1) is 25.8. The zero-order valence-corrected chi connectivity index (χ0v) is 21.6. The van der Waals surface area contributed by atoms with E-state index in [1.165, 1.54) is 11.1 Å². The van der Waals surface area contributed by atoms with Crippen molar-refractivity contribution < 1.29 is 14.2 Å². The number of para-hydroxylation sites is 4. The molecular formula is C34H34O3. The average Bonchev–Trinajstić information content (AvgIpc) is 2.95. The van der Waals surface area contributed by atoms with E-state index in [-0.39, 0.29) is 0 Å². The van der Waals surface area contributed by atoms with E-state index in [2.05, 4.69) is 60.7 Å². The fourth-order valence-electron chi connectivity index (χ4n) is 4.26. The molecule has 0 aliphatic rings. The van der Waals surface area contributed by atoms with Gasteiger partial charge in [0, 0.05) is 11.1 Å². The molecule has 4 aromatic carbocycles. The van der Waals surface area contributed by atoms with Gasteiger partial charge in [0.25, 0.3) is 0 Å². The van der Waals surface area contributed by atoms with E-state index >= 15 is 0 Å². The van der Waals surface area contributed by atoms with Crippen LogP contribution >= 0.6 is 0 Å². The van der Waals surface area contributed by atoms with Crippen LogP contribution in [0.3, 0.4) is 0 Å². The fraction of sp³-hybridized carbons (Fsp3) is 0.176. The topological polar surface area (TPSA) is 27.7 Å². The molecule has 0 atom stereocenters. The lowest BCUT2D eigenvalue weighted by atomic mass is 10.1. The van der Waals surface area contributed by atoms with Crippen LogP contribution in [0.25, 0.3) is 12.2 Å². The molecule has 0 unspecified atom stereocenters. The molecule has 0 saturated heterocycles. The third kappa shape index (κ3) is 7.37. The van der Waals surface area contributed by atoms with Crippen LogP contribution in [-0.2, 0) is 12.8 Å². The zero-order valence-electron chi connectivity index (χ0n) is 21.6. The molecule has 4 rings (SSSR count). The Hall–Kier alpha value is -4.24. The van der Waals surface area contributed by atoms with Gasteiger partial charge >= 0.3 is 0 Å². The van der Waals surface area contributed by atoms with E-state index in [0.29, 0.717) is 0 Å². The Morgan fingerprint density at radius 1 is 0.486 bits per heavy atom. The molecule has 0 spiro atoms. The summed E-state index contributed by atoms with van der Waals surface area (Å²) in [6.07, 6.45) is 12.3. The number of aryl methyl sites for hydroxylation is 2.